The van der Waals surface area contributed by atoms with Crippen molar-refractivity contribution < 1.29 is 38.9 Å². The molecule has 2 saturated carbocycles. The van der Waals surface area contributed by atoms with Crippen molar-refractivity contribution in [2.75, 3.05) is 0 Å². The molecular formula is C38H38O8. The van der Waals surface area contributed by atoms with Crippen LogP contribution in [0.3, 0.4) is 0 Å². The molecule has 4 aliphatic rings. The first kappa shape index (κ1) is 30.2. The maximum absolute atomic E-state index is 14.0. The number of rotatable bonds is 8. The zero-order valence-corrected chi connectivity index (χ0v) is 26.4. The smallest absolute Gasteiger partial charge is 0.315 e. The van der Waals surface area contributed by atoms with Gasteiger partial charge >= 0.3 is 23.9 Å². The third kappa shape index (κ3) is 4.56. The van der Waals surface area contributed by atoms with Crippen LogP contribution in [0.15, 0.2) is 59.7 Å². The van der Waals surface area contributed by atoms with Crippen molar-refractivity contribution >= 4 is 45.4 Å². The highest BCUT2D eigenvalue weighted by molar-refractivity contribution is 6.13. The molecule has 0 saturated heterocycles. The van der Waals surface area contributed by atoms with Crippen LogP contribution in [0, 0.1) is 47.3 Å². The summed E-state index contributed by atoms with van der Waals surface area (Å²) in [7, 11) is 0. The highest BCUT2D eigenvalue weighted by atomic mass is 16.5. The van der Waals surface area contributed by atoms with Crippen LogP contribution in [0.25, 0.3) is 21.5 Å². The molecule has 0 spiro atoms. The number of hydrogen-bond donors (Lipinski definition) is 2. The van der Waals surface area contributed by atoms with Crippen LogP contribution in [-0.4, -0.2) is 34.1 Å². The SMILES string of the molecule is CCc1ccc2c(OC(=O)C3C4C=C(C)C(C4)C3C(=O)O)c3cc(CC)ccc3c(OC(=O)C3C4C=C(C)C(C4)C3C(=O)O)c2c1. The summed E-state index contributed by atoms with van der Waals surface area (Å²) in [5.74, 6) is -6.61. The quantitative estimate of drug-likeness (QED) is 0.122. The van der Waals surface area contributed by atoms with Crippen molar-refractivity contribution in [3.05, 3.63) is 70.8 Å². The molecule has 3 aromatic rings. The number of benzene rings is 3. The third-order valence-electron chi connectivity index (χ3n) is 11.2. The lowest BCUT2D eigenvalue weighted by atomic mass is 9.80. The fourth-order valence-electron chi connectivity index (χ4n) is 8.95. The molecule has 8 nitrogen and oxygen atoms in total. The normalized spacial score (nSPS) is 29.2. The Labute approximate surface area is 267 Å². The van der Waals surface area contributed by atoms with Crippen LogP contribution in [0.2, 0.25) is 0 Å². The number of carbonyl (C=O) groups is 4. The van der Waals surface area contributed by atoms with Crippen molar-refractivity contribution in [3.63, 3.8) is 0 Å². The monoisotopic (exact) mass is 622 g/mol. The van der Waals surface area contributed by atoms with Gasteiger partial charge in [0.25, 0.3) is 0 Å². The summed E-state index contributed by atoms with van der Waals surface area (Å²) < 4.78 is 12.5. The molecule has 2 N–H and O–H groups in total. The lowest BCUT2D eigenvalue weighted by molar-refractivity contribution is -0.152. The summed E-state index contributed by atoms with van der Waals surface area (Å²) in [5.41, 5.74) is 3.98. The Bertz CT molecular complexity index is 1760. The molecule has 46 heavy (non-hydrogen) atoms. The van der Waals surface area contributed by atoms with E-state index in [1.807, 2.05) is 76.2 Å². The first-order valence-corrected chi connectivity index (χ1v) is 16.3. The van der Waals surface area contributed by atoms with Crippen LogP contribution in [0.4, 0.5) is 0 Å². The number of hydrogen-bond acceptors (Lipinski definition) is 6. The van der Waals surface area contributed by atoms with Crippen LogP contribution in [-0.2, 0) is 32.0 Å². The van der Waals surface area contributed by atoms with Crippen molar-refractivity contribution in [1.29, 1.82) is 0 Å². The van der Waals surface area contributed by atoms with E-state index in [0.29, 0.717) is 58.7 Å². The highest BCUT2D eigenvalue weighted by Crippen LogP contribution is 2.54. The van der Waals surface area contributed by atoms with Gasteiger partial charge in [0.2, 0.25) is 0 Å². The Balaban J connectivity index is 1.36. The summed E-state index contributed by atoms with van der Waals surface area (Å²) in [5, 5.41) is 22.5. The summed E-state index contributed by atoms with van der Waals surface area (Å²) in [4.78, 5) is 52.6. The Morgan fingerprint density at radius 2 is 1.02 bits per heavy atom. The van der Waals surface area contributed by atoms with Crippen molar-refractivity contribution in [3.8, 4) is 11.5 Å². The number of ether oxygens (including phenoxy) is 2. The second-order valence-electron chi connectivity index (χ2n) is 13.6. The molecule has 0 radical (unpaired) electrons. The summed E-state index contributed by atoms with van der Waals surface area (Å²) in [6, 6.07) is 11.4. The number of aliphatic carboxylic acids is 2. The van der Waals surface area contributed by atoms with Crippen LogP contribution in [0.1, 0.15) is 51.7 Å². The molecule has 4 aliphatic carbocycles. The molecule has 2 fully saturated rings. The lowest BCUT2D eigenvalue weighted by Gasteiger charge is -2.27. The van der Waals surface area contributed by atoms with Crippen molar-refractivity contribution in [2.45, 2.75) is 53.4 Å². The van der Waals surface area contributed by atoms with Crippen LogP contribution < -0.4 is 9.47 Å². The van der Waals surface area contributed by atoms with E-state index >= 15 is 0 Å². The average Bonchev–Trinajstić information content (AvgIpc) is 3.80. The van der Waals surface area contributed by atoms with Crippen LogP contribution >= 0.6 is 0 Å². The van der Waals surface area contributed by atoms with E-state index in [0.717, 1.165) is 22.3 Å². The van der Waals surface area contributed by atoms with E-state index in [9.17, 15) is 29.4 Å². The van der Waals surface area contributed by atoms with Gasteiger partial charge in [-0.3, -0.25) is 19.2 Å². The Hall–Kier alpha value is -4.46. The molecule has 0 heterocycles. The standard InChI is InChI=1S/C38H38O8/c1-5-19-7-9-23-27(13-19)33(45-37(43)29-21-11-17(3)25(15-21)31(29)35(39)40)24-10-8-20(6-2)14-28(24)34(23)46-38(44)30-22-12-18(4)26(16-22)32(30)36(41)42/h7-14,21-22,25-26,29-32H,5-6,15-16H2,1-4H3,(H,39,40)(H,41,42). The van der Waals surface area contributed by atoms with Crippen molar-refractivity contribution in [1.82, 2.24) is 0 Å². The minimum Gasteiger partial charge on any atom is -0.481 e. The average molecular weight is 623 g/mol. The molecule has 0 aromatic heterocycles. The van der Waals surface area contributed by atoms with E-state index in [1.165, 1.54) is 0 Å². The van der Waals surface area contributed by atoms with Gasteiger partial charge in [-0.15, -0.1) is 0 Å². The van der Waals surface area contributed by atoms with Crippen LogP contribution in [0.5, 0.6) is 11.5 Å². The van der Waals surface area contributed by atoms with Gasteiger partial charge in [-0.25, -0.2) is 0 Å². The number of esters is 2. The fourth-order valence-corrected chi connectivity index (χ4v) is 8.95. The zero-order chi connectivity index (χ0) is 32.6. The molecule has 8 atom stereocenters. The minimum atomic E-state index is -0.995. The van der Waals surface area contributed by atoms with E-state index < -0.39 is 47.5 Å². The minimum absolute atomic E-state index is 0.187. The first-order valence-electron chi connectivity index (χ1n) is 16.3. The predicted molar refractivity (Wildman–Crippen MR) is 171 cm³/mol. The number of aryl methyl sites for hydroxylation is 2. The van der Waals surface area contributed by atoms with Gasteiger partial charge in [0, 0.05) is 21.5 Å². The van der Waals surface area contributed by atoms with E-state index in [1.54, 1.807) is 0 Å². The maximum Gasteiger partial charge on any atom is 0.315 e. The fraction of sp³-hybridized carbons (Fsp3) is 0.421. The summed E-state index contributed by atoms with van der Waals surface area (Å²) in [6.07, 6.45) is 6.67. The maximum atomic E-state index is 14.0. The van der Waals surface area contributed by atoms with Gasteiger partial charge in [0.05, 0.1) is 23.7 Å². The number of carboxylic acid groups (broad SMARTS) is 2. The third-order valence-corrected chi connectivity index (χ3v) is 11.2. The Morgan fingerprint density at radius 1 is 0.630 bits per heavy atom. The second kappa shape index (κ2) is 11.1. The topological polar surface area (TPSA) is 127 Å². The largest absolute Gasteiger partial charge is 0.481 e. The molecule has 8 heteroatoms. The number of allylic oxidation sites excluding steroid dienone is 4. The van der Waals surface area contributed by atoms with Gasteiger partial charge < -0.3 is 19.7 Å². The molecule has 3 aromatic carbocycles. The molecule has 0 amide bonds. The number of fused-ring (bicyclic) bond motifs is 6. The second-order valence-corrected chi connectivity index (χ2v) is 13.6. The van der Waals surface area contributed by atoms with Gasteiger partial charge in [-0.05, 0) is 86.5 Å². The van der Waals surface area contributed by atoms with E-state index in [-0.39, 0.29) is 23.7 Å². The molecule has 8 unspecified atom stereocenters. The summed E-state index contributed by atoms with van der Waals surface area (Å²) in [6.45, 7) is 7.88. The molecular weight excluding hydrogens is 584 g/mol. The van der Waals surface area contributed by atoms with E-state index in [2.05, 4.69) is 0 Å². The molecule has 238 valence electrons. The predicted octanol–water partition coefficient (Wildman–Crippen LogP) is 6.75. The first-order chi connectivity index (χ1) is 22.0. The number of carbonyl (C=O) groups excluding carboxylic acids is 2. The Kier molecular flexibility index (Phi) is 7.29. The van der Waals surface area contributed by atoms with Gasteiger partial charge in [0.15, 0.2) is 0 Å². The van der Waals surface area contributed by atoms with Gasteiger partial charge in [0.1, 0.15) is 11.5 Å². The zero-order valence-electron chi connectivity index (χ0n) is 26.4. The van der Waals surface area contributed by atoms with E-state index in [4.69, 9.17) is 9.47 Å². The summed E-state index contributed by atoms with van der Waals surface area (Å²) >= 11 is 0. The molecule has 7 rings (SSSR count). The van der Waals surface area contributed by atoms with Gasteiger partial charge in [-0.2, -0.15) is 0 Å². The van der Waals surface area contributed by atoms with Gasteiger partial charge in [-0.1, -0.05) is 61.4 Å². The Morgan fingerprint density at radius 3 is 1.37 bits per heavy atom. The molecule has 0 aliphatic heterocycles. The lowest BCUT2D eigenvalue weighted by Crippen LogP contribution is -2.36. The number of carboxylic acids is 2. The van der Waals surface area contributed by atoms with Crippen molar-refractivity contribution in [2.24, 2.45) is 47.3 Å². The molecule has 4 bridgehead atoms. The highest BCUT2D eigenvalue weighted by Gasteiger charge is 2.56.